The maximum absolute atomic E-state index is 10.9. The van der Waals surface area contributed by atoms with Crippen LogP contribution in [0.4, 0.5) is 0 Å². The first-order valence-electron chi connectivity index (χ1n) is 3.44. The number of Topliss-reactive ketones (excluding diaryl/α,β-unsaturated/α-hetero) is 1. The van der Waals surface area contributed by atoms with E-state index in [2.05, 4.69) is 5.32 Å². The molecule has 0 radical (unpaired) electrons. The highest BCUT2D eigenvalue weighted by atomic mass is 16.1. The fraction of sp³-hybridized carbons (Fsp3) is 0.714. The van der Waals surface area contributed by atoms with Gasteiger partial charge in [-0.05, 0) is 26.2 Å². The number of rotatable bonds is 3. The van der Waals surface area contributed by atoms with Crippen molar-refractivity contribution >= 4 is 12.2 Å². The zero-order valence-corrected chi connectivity index (χ0v) is 6.02. The number of amides is 1. The maximum atomic E-state index is 10.9. The molecule has 0 aliphatic heterocycles. The second kappa shape index (κ2) is 2.40. The fourth-order valence-corrected chi connectivity index (χ4v) is 1.24. The zero-order chi connectivity index (χ0) is 7.61. The van der Waals surface area contributed by atoms with E-state index in [-0.39, 0.29) is 5.78 Å². The van der Waals surface area contributed by atoms with Crippen LogP contribution >= 0.6 is 0 Å². The molecule has 3 heteroatoms. The molecule has 56 valence electrons. The third kappa shape index (κ3) is 0.916. The van der Waals surface area contributed by atoms with Crippen molar-refractivity contribution in [3.63, 3.8) is 0 Å². The minimum atomic E-state index is -0.484. The van der Waals surface area contributed by atoms with E-state index in [1.807, 2.05) is 0 Å². The lowest BCUT2D eigenvalue weighted by Crippen LogP contribution is -2.55. The Kier molecular flexibility index (Phi) is 1.74. The lowest BCUT2D eigenvalue weighted by atomic mass is 9.74. The van der Waals surface area contributed by atoms with Crippen LogP contribution in [0.1, 0.15) is 26.2 Å². The second-order valence-corrected chi connectivity index (χ2v) is 2.75. The van der Waals surface area contributed by atoms with Gasteiger partial charge < -0.3 is 5.32 Å². The van der Waals surface area contributed by atoms with E-state index in [0.717, 1.165) is 19.3 Å². The van der Waals surface area contributed by atoms with Gasteiger partial charge in [-0.15, -0.1) is 0 Å². The highest BCUT2D eigenvalue weighted by Crippen LogP contribution is 2.31. The molecule has 0 bridgehead atoms. The summed E-state index contributed by atoms with van der Waals surface area (Å²) < 4.78 is 0. The van der Waals surface area contributed by atoms with E-state index in [9.17, 15) is 9.59 Å². The molecular weight excluding hydrogens is 130 g/mol. The van der Waals surface area contributed by atoms with Gasteiger partial charge in [0.2, 0.25) is 6.41 Å². The highest BCUT2D eigenvalue weighted by Gasteiger charge is 2.40. The van der Waals surface area contributed by atoms with Gasteiger partial charge in [-0.3, -0.25) is 9.59 Å². The third-order valence-corrected chi connectivity index (χ3v) is 2.22. The summed E-state index contributed by atoms with van der Waals surface area (Å²) in [5.41, 5.74) is -0.484. The lowest BCUT2D eigenvalue weighted by Gasteiger charge is -2.38. The van der Waals surface area contributed by atoms with Gasteiger partial charge in [0.05, 0.1) is 5.54 Å². The molecule has 1 N–H and O–H groups in total. The number of hydrogen-bond donors (Lipinski definition) is 1. The van der Waals surface area contributed by atoms with Crippen LogP contribution in [0.25, 0.3) is 0 Å². The molecule has 0 aromatic heterocycles. The van der Waals surface area contributed by atoms with E-state index in [0.29, 0.717) is 6.41 Å². The average molecular weight is 141 g/mol. The van der Waals surface area contributed by atoms with Gasteiger partial charge in [0.1, 0.15) is 0 Å². The quantitative estimate of drug-likeness (QED) is 0.572. The molecule has 10 heavy (non-hydrogen) atoms. The minimum Gasteiger partial charge on any atom is -0.346 e. The Morgan fingerprint density at radius 1 is 1.60 bits per heavy atom. The summed E-state index contributed by atoms with van der Waals surface area (Å²) in [7, 11) is 0. The van der Waals surface area contributed by atoms with Crippen molar-refractivity contribution in [2.45, 2.75) is 31.7 Å². The van der Waals surface area contributed by atoms with Crippen molar-refractivity contribution in [2.75, 3.05) is 0 Å². The van der Waals surface area contributed by atoms with Gasteiger partial charge in [0.25, 0.3) is 0 Å². The Bertz CT molecular complexity index is 161. The molecule has 1 amide bonds. The van der Waals surface area contributed by atoms with Crippen molar-refractivity contribution in [2.24, 2.45) is 0 Å². The topological polar surface area (TPSA) is 46.2 Å². The smallest absolute Gasteiger partial charge is 0.207 e. The van der Waals surface area contributed by atoms with Crippen molar-refractivity contribution < 1.29 is 9.59 Å². The molecule has 0 atom stereocenters. The average Bonchev–Trinajstić information content (AvgIpc) is 1.77. The summed E-state index contributed by atoms with van der Waals surface area (Å²) in [5.74, 6) is 0.0749. The lowest BCUT2D eigenvalue weighted by molar-refractivity contribution is -0.130. The Hall–Kier alpha value is -0.860. The molecule has 3 nitrogen and oxygen atoms in total. The minimum absolute atomic E-state index is 0.0749. The highest BCUT2D eigenvalue weighted by molar-refractivity contribution is 5.88. The van der Waals surface area contributed by atoms with Crippen molar-refractivity contribution in [3.8, 4) is 0 Å². The van der Waals surface area contributed by atoms with E-state index >= 15 is 0 Å². The van der Waals surface area contributed by atoms with Crippen molar-refractivity contribution in [1.29, 1.82) is 0 Å². The Morgan fingerprint density at radius 2 is 2.20 bits per heavy atom. The Morgan fingerprint density at radius 3 is 2.30 bits per heavy atom. The number of carbonyl (C=O) groups excluding carboxylic acids is 2. The predicted octanol–water partition coefficient (Wildman–Crippen LogP) is 0.244. The van der Waals surface area contributed by atoms with Crippen LogP contribution in [0.5, 0.6) is 0 Å². The second-order valence-electron chi connectivity index (χ2n) is 2.75. The van der Waals surface area contributed by atoms with Crippen LogP contribution in [0, 0.1) is 0 Å². The van der Waals surface area contributed by atoms with E-state index in [1.54, 1.807) is 0 Å². The monoisotopic (exact) mass is 141 g/mol. The molecule has 1 rings (SSSR count). The first kappa shape index (κ1) is 7.25. The van der Waals surface area contributed by atoms with Crippen LogP contribution in [0.2, 0.25) is 0 Å². The summed E-state index contributed by atoms with van der Waals surface area (Å²) in [4.78, 5) is 21.0. The van der Waals surface area contributed by atoms with Crippen LogP contribution < -0.4 is 5.32 Å². The fourth-order valence-electron chi connectivity index (χ4n) is 1.24. The molecule has 0 spiro atoms. The number of nitrogens with one attached hydrogen (secondary N) is 1. The summed E-state index contributed by atoms with van der Waals surface area (Å²) in [6.07, 6.45) is 3.27. The number of ketones is 1. The first-order chi connectivity index (χ1) is 4.71. The molecule has 1 fully saturated rings. The largest absolute Gasteiger partial charge is 0.346 e. The summed E-state index contributed by atoms with van der Waals surface area (Å²) >= 11 is 0. The molecule has 1 aliphatic rings. The normalized spacial score (nSPS) is 20.9. The van der Waals surface area contributed by atoms with Gasteiger partial charge in [-0.2, -0.15) is 0 Å². The maximum Gasteiger partial charge on any atom is 0.207 e. The first-order valence-corrected chi connectivity index (χ1v) is 3.44. The molecule has 0 aromatic carbocycles. The number of carbonyl (C=O) groups is 2. The van der Waals surface area contributed by atoms with Crippen LogP contribution in [-0.2, 0) is 9.59 Å². The molecule has 0 unspecified atom stereocenters. The van der Waals surface area contributed by atoms with Gasteiger partial charge >= 0.3 is 0 Å². The van der Waals surface area contributed by atoms with E-state index in [1.165, 1.54) is 6.92 Å². The van der Waals surface area contributed by atoms with E-state index in [4.69, 9.17) is 0 Å². The van der Waals surface area contributed by atoms with Crippen LogP contribution in [0.15, 0.2) is 0 Å². The zero-order valence-electron chi connectivity index (χ0n) is 6.02. The van der Waals surface area contributed by atoms with Crippen molar-refractivity contribution in [1.82, 2.24) is 5.32 Å². The summed E-state index contributed by atoms with van der Waals surface area (Å²) in [5, 5.41) is 2.56. The molecule has 0 heterocycles. The molecule has 0 aromatic rings. The van der Waals surface area contributed by atoms with Gasteiger partial charge in [0.15, 0.2) is 5.78 Å². The Balaban J connectivity index is 2.58. The van der Waals surface area contributed by atoms with Crippen LogP contribution in [0.3, 0.4) is 0 Å². The molecule has 1 saturated carbocycles. The van der Waals surface area contributed by atoms with Gasteiger partial charge in [-0.25, -0.2) is 0 Å². The van der Waals surface area contributed by atoms with E-state index < -0.39 is 5.54 Å². The summed E-state index contributed by atoms with van der Waals surface area (Å²) in [6.45, 7) is 1.52. The SMILES string of the molecule is CC(=O)C1(NC=O)CCC1. The van der Waals surface area contributed by atoms with Crippen LogP contribution in [-0.4, -0.2) is 17.7 Å². The van der Waals surface area contributed by atoms with Gasteiger partial charge in [-0.1, -0.05) is 0 Å². The molecule has 0 saturated heterocycles. The molecule has 1 aliphatic carbocycles. The predicted molar refractivity (Wildman–Crippen MR) is 36.5 cm³/mol. The summed E-state index contributed by atoms with van der Waals surface area (Å²) in [6, 6.07) is 0. The third-order valence-electron chi connectivity index (χ3n) is 2.22. The van der Waals surface area contributed by atoms with Crippen molar-refractivity contribution in [3.05, 3.63) is 0 Å². The van der Waals surface area contributed by atoms with Gasteiger partial charge in [0, 0.05) is 0 Å². The number of hydrogen-bond acceptors (Lipinski definition) is 2. The Labute approximate surface area is 59.8 Å². The molecular formula is C7H11NO2. The standard InChI is InChI=1S/C7H11NO2/c1-6(10)7(8-5-9)3-2-4-7/h5H,2-4H2,1H3,(H,8,9).